The molecule has 1 aliphatic rings. The van der Waals surface area contributed by atoms with Gasteiger partial charge in [0.25, 0.3) is 0 Å². The molecule has 1 aromatic carbocycles. The SMILES string of the molecule is OCCN1CCc2ccc(Cl)cc2C1. The molecule has 1 aromatic rings. The van der Waals surface area contributed by atoms with Gasteiger partial charge in [-0.2, -0.15) is 0 Å². The van der Waals surface area contributed by atoms with Crippen LogP contribution >= 0.6 is 11.6 Å². The zero-order valence-corrected chi connectivity index (χ0v) is 8.80. The molecule has 14 heavy (non-hydrogen) atoms. The molecule has 3 heteroatoms. The fraction of sp³-hybridized carbons (Fsp3) is 0.455. The van der Waals surface area contributed by atoms with E-state index in [-0.39, 0.29) is 6.61 Å². The third-order valence-corrected chi connectivity index (χ3v) is 2.91. The summed E-state index contributed by atoms with van der Waals surface area (Å²) >= 11 is 5.93. The van der Waals surface area contributed by atoms with Crippen LogP contribution in [0.3, 0.4) is 0 Å². The second kappa shape index (κ2) is 4.30. The fourth-order valence-corrected chi connectivity index (χ4v) is 2.11. The van der Waals surface area contributed by atoms with Gasteiger partial charge in [0.15, 0.2) is 0 Å². The van der Waals surface area contributed by atoms with Gasteiger partial charge in [-0.25, -0.2) is 0 Å². The van der Waals surface area contributed by atoms with Crippen LogP contribution in [-0.4, -0.2) is 29.7 Å². The summed E-state index contributed by atoms with van der Waals surface area (Å²) in [5.41, 5.74) is 2.70. The molecule has 2 rings (SSSR count). The maximum atomic E-state index is 8.85. The Morgan fingerprint density at radius 2 is 2.21 bits per heavy atom. The van der Waals surface area contributed by atoms with Gasteiger partial charge in [-0.15, -0.1) is 0 Å². The lowest BCUT2D eigenvalue weighted by atomic mass is 10.00. The molecule has 2 nitrogen and oxygen atoms in total. The van der Waals surface area contributed by atoms with Crippen LogP contribution in [0.25, 0.3) is 0 Å². The predicted molar refractivity (Wildman–Crippen MR) is 57.5 cm³/mol. The van der Waals surface area contributed by atoms with Crippen molar-refractivity contribution in [2.75, 3.05) is 19.7 Å². The van der Waals surface area contributed by atoms with Crippen molar-refractivity contribution in [3.63, 3.8) is 0 Å². The van der Waals surface area contributed by atoms with Crippen LogP contribution in [0.2, 0.25) is 5.02 Å². The molecule has 0 amide bonds. The standard InChI is InChI=1S/C11H14ClNO/c12-11-2-1-9-3-4-13(5-6-14)8-10(9)7-11/h1-2,7,14H,3-6,8H2. The zero-order valence-electron chi connectivity index (χ0n) is 8.04. The summed E-state index contributed by atoms with van der Waals surface area (Å²) in [5, 5.41) is 9.65. The fourth-order valence-electron chi connectivity index (χ4n) is 1.92. The molecule has 0 aromatic heterocycles. The largest absolute Gasteiger partial charge is 0.395 e. The molecule has 0 spiro atoms. The molecule has 1 N–H and O–H groups in total. The lowest BCUT2D eigenvalue weighted by Gasteiger charge is -2.28. The van der Waals surface area contributed by atoms with E-state index < -0.39 is 0 Å². The van der Waals surface area contributed by atoms with E-state index in [4.69, 9.17) is 16.7 Å². The van der Waals surface area contributed by atoms with Gasteiger partial charge in [0, 0.05) is 24.7 Å². The van der Waals surface area contributed by atoms with Crippen molar-refractivity contribution in [2.45, 2.75) is 13.0 Å². The highest BCUT2D eigenvalue weighted by atomic mass is 35.5. The summed E-state index contributed by atoms with van der Waals surface area (Å²) in [6, 6.07) is 6.08. The second-order valence-corrected chi connectivity index (χ2v) is 4.10. The maximum absolute atomic E-state index is 8.85. The number of hydrogen-bond donors (Lipinski definition) is 1. The van der Waals surface area contributed by atoms with Crippen molar-refractivity contribution < 1.29 is 5.11 Å². The Kier molecular flexibility index (Phi) is 3.06. The summed E-state index contributed by atoms with van der Waals surface area (Å²) in [6.07, 6.45) is 1.06. The molecule has 0 radical (unpaired) electrons. The summed E-state index contributed by atoms with van der Waals surface area (Å²) in [4.78, 5) is 2.25. The Hall–Kier alpha value is -0.570. The predicted octanol–water partition coefficient (Wildman–Crippen LogP) is 1.69. The van der Waals surface area contributed by atoms with Crippen molar-refractivity contribution >= 4 is 11.6 Å². The molecule has 0 aliphatic carbocycles. The first kappa shape index (κ1) is 9.97. The molecular formula is C11H14ClNO. The number of aliphatic hydroxyl groups excluding tert-OH is 1. The van der Waals surface area contributed by atoms with Crippen LogP contribution in [0.1, 0.15) is 11.1 Å². The Morgan fingerprint density at radius 1 is 1.36 bits per heavy atom. The molecular weight excluding hydrogens is 198 g/mol. The average molecular weight is 212 g/mol. The first-order valence-corrected chi connectivity index (χ1v) is 5.28. The molecule has 0 saturated heterocycles. The van der Waals surface area contributed by atoms with Gasteiger partial charge in [-0.05, 0) is 29.7 Å². The molecule has 0 fully saturated rings. The van der Waals surface area contributed by atoms with Crippen LogP contribution in [0.15, 0.2) is 18.2 Å². The highest BCUT2D eigenvalue weighted by Gasteiger charge is 2.15. The van der Waals surface area contributed by atoms with Gasteiger partial charge in [0.1, 0.15) is 0 Å². The van der Waals surface area contributed by atoms with Gasteiger partial charge in [0.05, 0.1) is 6.61 Å². The number of benzene rings is 1. The number of rotatable bonds is 2. The quantitative estimate of drug-likeness (QED) is 0.805. The molecule has 0 bridgehead atoms. The molecule has 1 heterocycles. The van der Waals surface area contributed by atoms with E-state index in [1.54, 1.807) is 0 Å². The Balaban J connectivity index is 2.16. The lowest BCUT2D eigenvalue weighted by molar-refractivity contribution is 0.184. The number of β-amino-alcohol motifs (C(OH)–C–C–N with tert-alkyl or cyclic N) is 1. The minimum atomic E-state index is 0.232. The van der Waals surface area contributed by atoms with Gasteiger partial charge in [-0.3, -0.25) is 4.90 Å². The monoisotopic (exact) mass is 211 g/mol. The van der Waals surface area contributed by atoms with Gasteiger partial charge in [0.2, 0.25) is 0 Å². The van der Waals surface area contributed by atoms with E-state index in [1.807, 2.05) is 12.1 Å². The van der Waals surface area contributed by atoms with Gasteiger partial charge in [-0.1, -0.05) is 17.7 Å². The number of fused-ring (bicyclic) bond motifs is 1. The Labute approximate surface area is 89.1 Å². The van der Waals surface area contributed by atoms with E-state index in [0.717, 1.165) is 31.1 Å². The van der Waals surface area contributed by atoms with Crippen molar-refractivity contribution in [1.29, 1.82) is 0 Å². The number of nitrogens with zero attached hydrogens (tertiary/aromatic N) is 1. The second-order valence-electron chi connectivity index (χ2n) is 3.66. The topological polar surface area (TPSA) is 23.5 Å². The van der Waals surface area contributed by atoms with Crippen LogP contribution < -0.4 is 0 Å². The first-order valence-electron chi connectivity index (χ1n) is 4.90. The van der Waals surface area contributed by atoms with Crippen LogP contribution in [-0.2, 0) is 13.0 Å². The highest BCUT2D eigenvalue weighted by molar-refractivity contribution is 6.30. The van der Waals surface area contributed by atoms with Crippen LogP contribution in [0.4, 0.5) is 0 Å². The molecule has 0 atom stereocenters. The molecule has 0 unspecified atom stereocenters. The molecule has 1 aliphatic heterocycles. The average Bonchev–Trinajstić information content (AvgIpc) is 2.17. The number of hydrogen-bond acceptors (Lipinski definition) is 2. The minimum absolute atomic E-state index is 0.232. The van der Waals surface area contributed by atoms with Crippen molar-refractivity contribution in [3.8, 4) is 0 Å². The van der Waals surface area contributed by atoms with Crippen molar-refractivity contribution in [2.24, 2.45) is 0 Å². The summed E-state index contributed by atoms with van der Waals surface area (Å²) in [7, 11) is 0. The zero-order chi connectivity index (χ0) is 9.97. The normalized spacial score (nSPS) is 16.7. The number of aliphatic hydroxyl groups is 1. The number of halogens is 1. The van der Waals surface area contributed by atoms with E-state index in [1.165, 1.54) is 11.1 Å². The summed E-state index contributed by atoms with van der Waals surface area (Å²) in [5.74, 6) is 0. The van der Waals surface area contributed by atoms with Gasteiger partial charge >= 0.3 is 0 Å². The third-order valence-electron chi connectivity index (χ3n) is 2.68. The first-order chi connectivity index (χ1) is 6.79. The van der Waals surface area contributed by atoms with E-state index >= 15 is 0 Å². The summed E-state index contributed by atoms with van der Waals surface area (Å²) in [6.45, 7) is 2.94. The van der Waals surface area contributed by atoms with E-state index in [2.05, 4.69) is 11.0 Å². The van der Waals surface area contributed by atoms with Gasteiger partial charge < -0.3 is 5.11 Å². The van der Waals surface area contributed by atoms with Crippen molar-refractivity contribution in [3.05, 3.63) is 34.3 Å². The molecule has 76 valence electrons. The minimum Gasteiger partial charge on any atom is -0.395 e. The smallest absolute Gasteiger partial charge is 0.0558 e. The summed E-state index contributed by atoms with van der Waals surface area (Å²) < 4.78 is 0. The van der Waals surface area contributed by atoms with Crippen molar-refractivity contribution in [1.82, 2.24) is 4.90 Å². The lowest BCUT2D eigenvalue weighted by Crippen LogP contribution is -2.32. The maximum Gasteiger partial charge on any atom is 0.0558 e. The third kappa shape index (κ3) is 2.08. The molecule has 0 saturated carbocycles. The highest BCUT2D eigenvalue weighted by Crippen LogP contribution is 2.22. The Bertz CT molecular complexity index is 327. The van der Waals surface area contributed by atoms with Crippen LogP contribution in [0, 0.1) is 0 Å². The van der Waals surface area contributed by atoms with Crippen LogP contribution in [0.5, 0.6) is 0 Å². The van der Waals surface area contributed by atoms with E-state index in [9.17, 15) is 0 Å². The van der Waals surface area contributed by atoms with E-state index in [0.29, 0.717) is 0 Å². The Morgan fingerprint density at radius 3 is 3.00 bits per heavy atom.